The lowest BCUT2D eigenvalue weighted by Crippen LogP contribution is -2.41. The minimum Gasteiger partial charge on any atom is -0.493 e. The smallest absolute Gasteiger partial charge is 0.417 e. The number of carbonyl (C=O) groups is 1. The maximum absolute atomic E-state index is 13.1. The molecule has 170 valence electrons. The van der Waals surface area contributed by atoms with Crippen molar-refractivity contribution < 1.29 is 35.9 Å². The van der Waals surface area contributed by atoms with Crippen LogP contribution in [-0.4, -0.2) is 47.4 Å². The minimum atomic E-state index is -4.78. The van der Waals surface area contributed by atoms with Crippen molar-refractivity contribution in [1.82, 2.24) is 5.32 Å². The molecule has 12 heteroatoms. The van der Waals surface area contributed by atoms with Gasteiger partial charge in [0.2, 0.25) is 15.9 Å². The molecular weight excluding hydrogens is 461 g/mol. The largest absolute Gasteiger partial charge is 0.493 e. The summed E-state index contributed by atoms with van der Waals surface area (Å²) in [6.45, 7) is -0.626. The van der Waals surface area contributed by atoms with Crippen molar-refractivity contribution in [3.63, 3.8) is 0 Å². The molecule has 31 heavy (non-hydrogen) atoms. The molecule has 0 spiro atoms. The van der Waals surface area contributed by atoms with Crippen LogP contribution in [0.15, 0.2) is 42.5 Å². The molecule has 0 radical (unpaired) electrons. The molecule has 2 aromatic rings. The van der Waals surface area contributed by atoms with Crippen LogP contribution in [0, 0.1) is 0 Å². The third kappa shape index (κ3) is 6.93. The van der Waals surface area contributed by atoms with Gasteiger partial charge in [-0.1, -0.05) is 23.7 Å². The van der Waals surface area contributed by atoms with Crippen LogP contribution in [0.2, 0.25) is 5.02 Å². The number of amides is 1. The van der Waals surface area contributed by atoms with E-state index in [0.29, 0.717) is 21.9 Å². The van der Waals surface area contributed by atoms with Crippen LogP contribution in [0.3, 0.4) is 0 Å². The molecule has 0 fully saturated rings. The van der Waals surface area contributed by atoms with Crippen LogP contribution in [0.5, 0.6) is 11.5 Å². The van der Waals surface area contributed by atoms with E-state index in [-0.39, 0.29) is 18.8 Å². The third-order valence-electron chi connectivity index (χ3n) is 3.98. The fraction of sp³-hybridized carbons (Fsp3) is 0.316. The number of carbonyl (C=O) groups excluding carboxylic acids is 1. The molecule has 2 rings (SSSR count). The molecule has 0 atom stereocenters. The van der Waals surface area contributed by atoms with Crippen LogP contribution in [0.4, 0.5) is 18.9 Å². The first kappa shape index (κ1) is 24.6. The summed E-state index contributed by atoms with van der Waals surface area (Å²) in [6, 6.07) is 9.47. The highest BCUT2D eigenvalue weighted by molar-refractivity contribution is 7.92. The van der Waals surface area contributed by atoms with Crippen molar-refractivity contribution in [3.05, 3.63) is 53.1 Å². The minimum absolute atomic E-state index is 0.0307. The van der Waals surface area contributed by atoms with E-state index >= 15 is 0 Å². The Bertz CT molecular complexity index is 1030. The average Bonchev–Trinajstić information content (AvgIpc) is 2.68. The third-order valence-corrected chi connectivity index (χ3v) is 5.45. The summed E-state index contributed by atoms with van der Waals surface area (Å²) in [7, 11) is -2.58. The Hall–Kier alpha value is -2.66. The number of ether oxygens (including phenoxy) is 2. The van der Waals surface area contributed by atoms with Gasteiger partial charge in [0, 0.05) is 0 Å². The zero-order valence-corrected chi connectivity index (χ0v) is 18.1. The summed E-state index contributed by atoms with van der Waals surface area (Å²) in [5, 5.41) is 1.88. The molecule has 1 N–H and O–H groups in total. The predicted octanol–water partition coefficient (Wildman–Crippen LogP) is 3.33. The maximum Gasteiger partial charge on any atom is 0.417 e. The molecule has 0 bridgehead atoms. The normalized spacial score (nSPS) is 11.7. The molecule has 0 aliphatic rings. The van der Waals surface area contributed by atoms with Crippen LogP contribution >= 0.6 is 11.6 Å². The first-order valence-electron chi connectivity index (χ1n) is 8.80. The van der Waals surface area contributed by atoms with Gasteiger partial charge in [0.15, 0.2) is 11.5 Å². The Morgan fingerprint density at radius 2 is 1.81 bits per heavy atom. The predicted molar refractivity (Wildman–Crippen MR) is 110 cm³/mol. The zero-order chi connectivity index (χ0) is 23.2. The quantitative estimate of drug-likeness (QED) is 0.556. The van der Waals surface area contributed by atoms with Crippen LogP contribution in [0.1, 0.15) is 5.56 Å². The molecule has 0 aromatic heterocycles. The Balaban J connectivity index is 2.04. The van der Waals surface area contributed by atoms with Crippen molar-refractivity contribution >= 4 is 33.2 Å². The zero-order valence-electron chi connectivity index (χ0n) is 16.6. The lowest BCUT2D eigenvalue weighted by atomic mass is 10.2. The number of benzene rings is 2. The van der Waals surface area contributed by atoms with Gasteiger partial charge < -0.3 is 14.8 Å². The highest BCUT2D eigenvalue weighted by Gasteiger charge is 2.34. The van der Waals surface area contributed by atoms with E-state index in [1.807, 2.05) is 0 Å². The van der Waals surface area contributed by atoms with E-state index in [1.54, 1.807) is 24.3 Å². The lowest BCUT2D eigenvalue weighted by molar-refractivity contribution is -0.137. The Morgan fingerprint density at radius 1 is 1.16 bits per heavy atom. The van der Waals surface area contributed by atoms with Gasteiger partial charge in [-0.15, -0.1) is 0 Å². The van der Waals surface area contributed by atoms with E-state index in [2.05, 4.69) is 5.32 Å². The molecule has 0 aliphatic heterocycles. The number of methoxy groups -OCH3 is 1. The van der Waals surface area contributed by atoms with Gasteiger partial charge in [0.1, 0.15) is 13.2 Å². The standard InChI is InChI=1S/C19H20ClF3N2O5S/c1-29-16-5-3-4-6-17(16)30-10-9-24-18(26)12-25(31(2,27)28)13-7-8-15(20)14(11-13)19(21,22)23/h3-8,11H,9-10,12H2,1-2H3,(H,24,26). The fourth-order valence-electron chi connectivity index (χ4n) is 2.56. The summed E-state index contributed by atoms with van der Waals surface area (Å²) in [5.74, 6) is 0.232. The maximum atomic E-state index is 13.1. The number of sulfonamides is 1. The van der Waals surface area contributed by atoms with Gasteiger partial charge in [-0.05, 0) is 30.3 Å². The average molecular weight is 481 g/mol. The van der Waals surface area contributed by atoms with Crippen molar-refractivity contribution in [2.45, 2.75) is 6.18 Å². The number of nitrogens with one attached hydrogen (secondary N) is 1. The second-order valence-corrected chi connectivity index (χ2v) is 8.59. The number of rotatable bonds is 9. The van der Waals surface area contributed by atoms with Crippen LogP contribution in [0.25, 0.3) is 0 Å². The number of hydrogen-bond donors (Lipinski definition) is 1. The summed E-state index contributed by atoms with van der Waals surface area (Å²) in [4.78, 5) is 12.2. The van der Waals surface area contributed by atoms with Crippen molar-refractivity contribution in [2.24, 2.45) is 0 Å². The lowest BCUT2D eigenvalue weighted by Gasteiger charge is -2.23. The van der Waals surface area contributed by atoms with E-state index in [9.17, 15) is 26.4 Å². The summed E-state index contributed by atoms with van der Waals surface area (Å²) >= 11 is 5.57. The van der Waals surface area contributed by atoms with Crippen molar-refractivity contribution in [1.29, 1.82) is 0 Å². The van der Waals surface area contributed by atoms with E-state index in [4.69, 9.17) is 21.1 Å². The van der Waals surface area contributed by atoms with Gasteiger partial charge in [-0.25, -0.2) is 8.42 Å². The van der Waals surface area contributed by atoms with Crippen LogP contribution < -0.4 is 19.1 Å². The first-order chi connectivity index (χ1) is 14.4. The van der Waals surface area contributed by atoms with Gasteiger partial charge in [-0.2, -0.15) is 13.2 Å². The summed E-state index contributed by atoms with van der Waals surface area (Å²) in [5.41, 5.74) is -1.54. The second-order valence-electron chi connectivity index (χ2n) is 6.28. The molecular formula is C19H20ClF3N2O5S. The summed E-state index contributed by atoms with van der Waals surface area (Å²) in [6.07, 6.45) is -4.00. The van der Waals surface area contributed by atoms with Crippen molar-refractivity contribution in [3.8, 4) is 11.5 Å². The first-order valence-corrected chi connectivity index (χ1v) is 11.0. The number of anilines is 1. The van der Waals surface area contributed by atoms with Crippen LogP contribution in [-0.2, 0) is 21.0 Å². The van der Waals surface area contributed by atoms with Gasteiger partial charge in [0.25, 0.3) is 0 Å². The van der Waals surface area contributed by atoms with Gasteiger partial charge in [-0.3, -0.25) is 9.10 Å². The number of halogens is 4. The molecule has 0 saturated carbocycles. The van der Waals surface area contributed by atoms with E-state index in [1.165, 1.54) is 7.11 Å². The SMILES string of the molecule is COc1ccccc1OCCNC(=O)CN(c1ccc(Cl)c(C(F)(F)F)c1)S(C)(=O)=O. The van der Waals surface area contributed by atoms with Gasteiger partial charge >= 0.3 is 6.18 Å². The Labute approximate surface area is 182 Å². The monoisotopic (exact) mass is 480 g/mol. The number of para-hydroxylation sites is 2. The second kappa shape index (κ2) is 10.1. The van der Waals surface area contributed by atoms with E-state index in [0.717, 1.165) is 18.4 Å². The van der Waals surface area contributed by atoms with Gasteiger partial charge in [0.05, 0.1) is 36.2 Å². The molecule has 0 saturated heterocycles. The molecule has 1 amide bonds. The molecule has 0 unspecified atom stereocenters. The Morgan fingerprint density at radius 3 is 2.39 bits per heavy atom. The van der Waals surface area contributed by atoms with E-state index < -0.39 is 39.2 Å². The molecule has 0 aliphatic carbocycles. The number of alkyl halides is 3. The topological polar surface area (TPSA) is 84.9 Å². The highest BCUT2D eigenvalue weighted by atomic mass is 35.5. The fourth-order valence-corrected chi connectivity index (χ4v) is 3.63. The molecule has 0 heterocycles. The number of nitrogens with zero attached hydrogens (tertiary/aromatic N) is 1. The molecule has 2 aromatic carbocycles. The highest BCUT2D eigenvalue weighted by Crippen LogP contribution is 2.37. The molecule has 7 nitrogen and oxygen atoms in total. The number of hydrogen-bond acceptors (Lipinski definition) is 5. The van der Waals surface area contributed by atoms with Crippen molar-refractivity contribution in [2.75, 3.05) is 37.4 Å². The summed E-state index contributed by atoms with van der Waals surface area (Å²) < 4.78 is 74.7. The Kier molecular flexibility index (Phi) is 8.02.